The van der Waals surface area contributed by atoms with Gasteiger partial charge in [-0.05, 0) is 36.4 Å². The minimum Gasteiger partial charge on any atom is -0.457 e. The summed E-state index contributed by atoms with van der Waals surface area (Å²) in [6.07, 6.45) is 3.63. The molecule has 0 atom stereocenters. The van der Waals surface area contributed by atoms with Crippen molar-refractivity contribution in [1.29, 1.82) is 0 Å². The zero-order valence-electron chi connectivity index (χ0n) is 15.3. The molecular weight excluding hydrogens is 416 g/mol. The van der Waals surface area contributed by atoms with Gasteiger partial charge in [-0.3, -0.25) is 9.78 Å². The van der Waals surface area contributed by atoms with Crippen LogP contribution in [0.3, 0.4) is 0 Å². The molecule has 0 unspecified atom stereocenters. The number of hydrogen-bond acceptors (Lipinski definition) is 9. The van der Waals surface area contributed by atoms with Gasteiger partial charge in [0.1, 0.15) is 4.90 Å². The first kappa shape index (κ1) is 19.7. The largest absolute Gasteiger partial charge is 0.457 e. The maximum absolute atomic E-state index is 12.6. The van der Waals surface area contributed by atoms with Gasteiger partial charge in [-0.1, -0.05) is 11.2 Å². The van der Waals surface area contributed by atoms with Crippen molar-refractivity contribution in [2.24, 2.45) is 5.92 Å². The molecule has 1 aliphatic heterocycles. The first-order valence-electron chi connectivity index (χ1n) is 8.97. The molecule has 152 valence electrons. The van der Waals surface area contributed by atoms with E-state index in [1.807, 2.05) is 17.5 Å². The second-order valence-electron chi connectivity index (χ2n) is 6.47. The van der Waals surface area contributed by atoms with E-state index in [4.69, 9.17) is 9.26 Å². The van der Waals surface area contributed by atoms with Crippen molar-refractivity contribution in [3.63, 3.8) is 0 Å². The quantitative estimate of drug-likeness (QED) is 0.543. The van der Waals surface area contributed by atoms with E-state index in [0.29, 0.717) is 24.6 Å². The Morgan fingerprint density at radius 2 is 2.10 bits per heavy atom. The number of rotatable bonds is 6. The van der Waals surface area contributed by atoms with E-state index < -0.39 is 10.0 Å². The van der Waals surface area contributed by atoms with Crippen LogP contribution in [0.4, 0.5) is 0 Å². The van der Waals surface area contributed by atoms with Crippen molar-refractivity contribution in [3.8, 4) is 10.8 Å². The molecule has 0 bridgehead atoms. The standard InChI is InChI=1S/C18H18N4O5S2/c23-18(26-12-16-20-17(27-21-16)15-4-2-10-28-15)13-5-8-22(9-6-13)29(24,25)14-3-1-7-19-11-14/h1-4,7,10-11,13H,5-6,8-9,12H2. The van der Waals surface area contributed by atoms with Crippen LogP contribution in [0.1, 0.15) is 18.7 Å². The molecule has 11 heteroatoms. The van der Waals surface area contributed by atoms with Crippen molar-refractivity contribution in [1.82, 2.24) is 19.4 Å². The molecule has 0 spiro atoms. The number of sulfonamides is 1. The molecule has 1 aliphatic rings. The summed E-state index contributed by atoms with van der Waals surface area (Å²) in [7, 11) is -3.60. The highest BCUT2D eigenvalue weighted by Gasteiger charge is 2.33. The fourth-order valence-electron chi connectivity index (χ4n) is 3.05. The molecule has 1 fully saturated rings. The summed E-state index contributed by atoms with van der Waals surface area (Å²) in [5.41, 5.74) is 0. The number of ether oxygens (including phenoxy) is 1. The number of pyridine rings is 1. The van der Waals surface area contributed by atoms with Crippen LogP contribution < -0.4 is 0 Å². The van der Waals surface area contributed by atoms with E-state index in [0.717, 1.165) is 4.88 Å². The fraction of sp³-hybridized carbons (Fsp3) is 0.333. The van der Waals surface area contributed by atoms with E-state index in [-0.39, 0.29) is 36.5 Å². The molecule has 0 saturated carbocycles. The van der Waals surface area contributed by atoms with Gasteiger partial charge in [-0.25, -0.2) is 8.42 Å². The normalized spacial score (nSPS) is 16.0. The average Bonchev–Trinajstić information content (AvgIpc) is 3.44. The molecule has 0 aromatic carbocycles. The summed E-state index contributed by atoms with van der Waals surface area (Å²) in [6, 6.07) is 6.84. The highest BCUT2D eigenvalue weighted by molar-refractivity contribution is 7.89. The zero-order valence-corrected chi connectivity index (χ0v) is 16.9. The summed E-state index contributed by atoms with van der Waals surface area (Å²) in [5, 5.41) is 5.72. The topological polar surface area (TPSA) is 115 Å². The SMILES string of the molecule is O=C(OCc1noc(-c2cccs2)n1)C1CCN(S(=O)(=O)c2cccnc2)CC1. The Bertz CT molecular complexity index is 1060. The molecule has 0 aliphatic carbocycles. The van der Waals surface area contributed by atoms with E-state index in [1.165, 1.54) is 34.1 Å². The average molecular weight is 434 g/mol. The van der Waals surface area contributed by atoms with Crippen LogP contribution in [0.5, 0.6) is 0 Å². The Labute approximate surface area is 171 Å². The first-order chi connectivity index (χ1) is 14.0. The maximum Gasteiger partial charge on any atom is 0.309 e. The van der Waals surface area contributed by atoms with Gasteiger partial charge in [0.25, 0.3) is 5.89 Å². The third-order valence-electron chi connectivity index (χ3n) is 4.60. The monoisotopic (exact) mass is 434 g/mol. The van der Waals surface area contributed by atoms with Crippen molar-refractivity contribution >= 4 is 27.3 Å². The number of aromatic nitrogens is 3. The lowest BCUT2D eigenvalue weighted by Crippen LogP contribution is -2.40. The second-order valence-corrected chi connectivity index (χ2v) is 9.35. The Hall–Kier alpha value is -2.63. The highest BCUT2D eigenvalue weighted by Crippen LogP contribution is 2.25. The van der Waals surface area contributed by atoms with Gasteiger partial charge < -0.3 is 9.26 Å². The molecule has 4 heterocycles. The van der Waals surface area contributed by atoms with E-state index >= 15 is 0 Å². The smallest absolute Gasteiger partial charge is 0.309 e. The van der Waals surface area contributed by atoms with Gasteiger partial charge in [0.2, 0.25) is 15.8 Å². The molecule has 0 amide bonds. The van der Waals surface area contributed by atoms with Crippen molar-refractivity contribution in [3.05, 3.63) is 47.9 Å². The molecule has 3 aromatic heterocycles. The highest BCUT2D eigenvalue weighted by atomic mass is 32.2. The van der Waals surface area contributed by atoms with E-state index in [1.54, 1.807) is 6.07 Å². The Morgan fingerprint density at radius 1 is 1.28 bits per heavy atom. The van der Waals surface area contributed by atoms with Gasteiger partial charge in [0.05, 0.1) is 10.8 Å². The lowest BCUT2D eigenvalue weighted by atomic mass is 9.98. The summed E-state index contributed by atoms with van der Waals surface area (Å²) >= 11 is 1.48. The number of hydrogen-bond donors (Lipinski definition) is 0. The molecule has 1 saturated heterocycles. The Balaban J connectivity index is 1.29. The van der Waals surface area contributed by atoms with E-state index in [2.05, 4.69) is 15.1 Å². The molecule has 3 aromatic rings. The first-order valence-corrected chi connectivity index (χ1v) is 11.3. The molecule has 0 N–H and O–H groups in total. The minimum absolute atomic E-state index is 0.0814. The summed E-state index contributed by atoms with van der Waals surface area (Å²) < 4.78 is 37.1. The van der Waals surface area contributed by atoms with Gasteiger partial charge in [0.15, 0.2) is 6.61 Å². The lowest BCUT2D eigenvalue weighted by Gasteiger charge is -2.29. The third-order valence-corrected chi connectivity index (χ3v) is 7.34. The second kappa shape index (κ2) is 8.39. The van der Waals surface area contributed by atoms with Gasteiger partial charge >= 0.3 is 5.97 Å². The van der Waals surface area contributed by atoms with Crippen molar-refractivity contribution in [2.75, 3.05) is 13.1 Å². The number of nitrogens with zero attached hydrogens (tertiary/aromatic N) is 4. The van der Waals surface area contributed by atoms with Crippen LogP contribution in [0.25, 0.3) is 10.8 Å². The van der Waals surface area contributed by atoms with Crippen LogP contribution in [-0.2, 0) is 26.2 Å². The van der Waals surface area contributed by atoms with Crippen LogP contribution in [0.15, 0.2) is 51.5 Å². The molecule has 29 heavy (non-hydrogen) atoms. The molecule has 4 rings (SSSR count). The van der Waals surface area contributed by atoms with Crippen LogP contribution in [-0.4, -0.2) is 46.9 Å². The fourth-order valence-corrected chi connectivity index (χ4v) is 5.13. The number of piperidine rings is 1. The summed E-state index contributed by atoms with van der Waals surface area (Å²) in [5.74, 6) is -0.0665. The van der Waals surface area contributed by atoms with Crippen molar-refractivity contribution < 1.29 is 22.5 Å². The molecule has 0 radical (unpaired) electrons. The van der Waals surface area contributed by atoms with Crippen LogP contribution >= 0.6 is 11.3 Å². The summed E-state index contributed by atoms with van der Waals surface area (Å²) in [6.45, 7) is 0.422. The van der Waals surface area contributed by atoms with Gasteiger partial charge in [0, 0.05) is 25.5 Å². The van der Waals surface area contributed by atoms with E-state index in [9.17, 15) is 13.2 Å². The number of thiophene rings is 1. The Kier molecular flexibility index (Phi) is 5.69. The number of carbonyl (C=O) groups is 1. The van der Waals surface area contributed by atoms with Crippen LogP contribution in [0, 0.1) is 5.92 Å². The third kappa shape index (κ3) is 4.36. The molecular formula is C18H18N4O5S2. The Morgan fingerprint density at radius 3 is 2.79 bits per heavy atom. The van der Waals surface area contributed by atoms with Gasteiger partial charge in [-0.2, -0.15) is 9.29 Å². The maximum atomic E-state index is 12.6. The summed E-state index contributed by atoms with van der Waals surface area (Å²) in [4.78, 5) is 21.4. The van der Waals surface area contributed by atoms with Gasteiger partial charge in [-0.15, -0.1) is 11.3 Å². The zero-order chi connectivity index (χ0) is 20.3. The van der Waals surface area contributed by atoms with Crippen LogP contribution in [0.2, 0.25) is 0 Å². The number of carbonyl (C=O) groups excluding carboxylic acids is 1. The minimum atomic E-state index is -3.60. The number of esters is 1. The lowest BCUT2D eigenvalue weighted by molar-refractivity contribution is -0.151. The molecule has 9 nitrogen and oxygen atoms in total. The predicted octanol–water partition coefficient (Wildman–Crippen LogP) is 2.34. The predicted molar refractivity (Wildman–Crippen MR) is 103 cm³/mol. The van der Waals surface area contributed by atoms with Crippen molar-refractivity contribution in [2.45, 2.75) is 24.3 Å².